The maximum Gasteiger partial charge on any atom is 0.0576 e. The maximum atomic E-state index is 9.81. The number of hydrogen-bond acceptors (Lipinski definition) is 2. The number of aliphatic hydroxyl groups excluding tert-OH is 1. The Morgan fingerprint density at radius 2 is 2.17 bits per heavy atom. The summed E-state index contributed by atoms with van der Waals surface area (Å²) in [6.07, 6.45) is 6.45. The molecule has 2 heteroatoms. The van der Waals surface area contributed by atoms with Crippen molar-refractivity contribution in [3.05, 3.63) is 0 Å². The van der Waals surface area contributed by atoms with E-state index in [4.69, 9.17) is 0 Å². The third-order valence-corrected chi connectivity index (χ3v) is 4.26. The lowest BCUT2D eigenvalue weighted by atomic mass is 9.97. The molecule has 2 atom stereocenters. The monoisotopic (exact) mass is 186 g/mol. The molecule has 1 aliphatic carbocycles. The zero-order valence-electron chi connectivity index (χ0n) is 7.54. The number of thioether (sulfide) groups is 1. The molecule has 2 fully saturated rings. The summed E-state index contributed by atoms with van der Waals surface area (Å²) in [5, 5.41) is 9.81. The highest BCUT2D eigenvalue weighted by Gasteiger charge is 2.27. The van der Waals surface area contributed by atoms with Crippen molar-refractivity contribution in [2.24, 2.45) is 11.8 Å². The van der Waals surface area contributed by atoms with Gasteiger partial charge in [-0.05, 0) is 42.6 Å². The fourth-order valence-corrected chi connectivity index (χ4v) is 3.23. The predicted octanol–water partition coefficient (Wildman–Crippen LogP) is 2.29. The third-order valence-electron chi connectivity index (χ3n) is 3.08. The summed E-state index contributed by atoms with van der Waals surface area (Å²) >= 11 is 2.00. The highest BCUT2D eigenvalue weighted by Crippen LogP contribution is 2.36. The molecule has 1 saturated carbocycles. The van der Waals surface area contributed by atoms with Crippen LogP contribution in [0.15, 0.2) is 0 Å². The predicted molar refractivity (Wildman–Crippen MR) is 53.4 cm³/mol. The zero-order chi connectivity index (χ0) is 8.39. The van der Waals surface area contributed by atoms with Gasteiger partial charge in [-0.3, -0.25) is 0 Å². The SMILES string of the molecule is OC(CCC1CC1)C1CCSC1. The second kappa shape index (κ2) is 4.01. The molecule has 1 nitrogen and oxygen atoms in total. The van der Waals surface area contributed by atoms with E-state index in [0.717, 1.165) is 12.3 Å². The van der Waals surface area contributed by atoms with Crippen molar-refractivity contribution < 1.29 is 5.11 Å². The van der Waals surface area contributed by atoms with E-state index < -0.39 is 0 Å². The molecule has 1 heterocycles. The van der Waals surface area contributed by atoms with Crippen molar-refractivity contribution in [2.75, 3.05) is 11.5 Å². The van der Waals surface area contributed by atoms with Crippen LogP contribution in [0.1, 0.15) is 32.1 Å². The molecular formula is C10H18OS. The summed E-state index contributed by atoms with van der Waals surface area (Å²) in [5.74, 6) is 4.07. The Balaban J connectivity index is 1.64. The Hall–Kier alpha value is 0.310. The van der Waals surface area contributed by atoms with Crippen LogP contribution in [0.4, 0.5) is 0 Å². The molecule has 0 amide bonds. The van der Waals surface area contributed by atoms with Crippen molar-refractivity contribution >= 4 is 11.8 Å². The summed E-state index contributed by atoms with van der Waals surface area (Å²) < 4.78 is 0. The fourth-order valence-electron chi connectivity index (χ4n) is 1.90. The molecule has 2 aliphatic rings. The summed E-state index contributed by atoms with van der Waals surface area (Å²) in [6, 6.07) is 0. The molecule has 1 aliphatic heterocycles. The van der Waals surface area contributed by atoms with E-state index in [1.807, 2.05) is 11.8 Å². The molecule has 1 N–H and O–H groups in total. The van der Waals surface area contributed by atoms with E-state index >= 15 is 0 Å². The first kappa shape index (κ1) is 8.89. The standard InChI is InChI=1S/C10H18OS/c11-10(4-3-8-1-2-8)9-5-6-12-7-9/h8-11H,1-7H2. The molecular weight excluding hydrogens is 168 g/mol. The lowest BCUT2D eigenvalue weighted by molar-refractivity contribution is 0.107. The normalized spacial score (nSPS) is 32.2. The van der Waals surface area contributed by atoms with Gasteiger partial charge in [-0.1, -0.05) is 12.8 Å². The van der Waals surface area contributed by atoms with Gasteiger partial charge in [0.15, 0.2) is 0 Å². The minimum atomic E-state index is 0.0144. The van der Waals surface area contributed by atoms with Crippen LogP contribution in [0.25, 0.3) is 0 Å². The van der Waals surface area contributed by atoms with Gasteiger partial charge in [0, 0.05) is 0 Å². The van der Waals surface area contributed by atoms with Crippen LogP contribution in [0, 0.1) is 11.8 Å². The van der Waals surface area contributed by atoms with Crippen LogP contribution in [0.3, 0.4) is 0 Å². The Morgan fingerprint density at radius 1 is 1.33 bits per heavy atom. The highest BCUT2D eigenvalue weighted by atomic mass is 32.2. The number of rotatable bonds is 4. The van der Waals surface area contributed by atoms with E-state index in [-0.39, 0.29) is 6.10 Å². The van der Waals surface area contributed by atoms with Gasteiger partial charge in [0.1, 0.15) is 0 Å². The molecule has 0 aromatic carbocycles. The molecule has 0 bridgehead atoms. The van der Waals surface area contributed by atoms with Gasteiger partial charge in [-0.15, -0.1) is 0 Å². The molecule has 70 valence electrons. The Kier molecular flexibility index (Phi) is 2.97. The lowest BCUT2D eigenvalue weighted by Gasteiger charge is -2.16. The van der Waals surface area contributed by atoms with Crippen molar-refractivity contribution in [1.82, 2.24) is 0 Å². The second-order valence-corrected chi connectivity index (χ2v) is 5.36. The Bertz CT molecular complexity index is 139. The van der Waals surface area contributed by atoms with Crippen molar-refractivity contribution in [3.8, 4) is 0 Å². The minimum Gasteiger partial charge on any atom is -0.393 e. The van der Waals surface area contributed by atoms with Crippen molar-refractivity contribution in [1.29, 1.82) is 0 Å². The average molecular weight is 186 g/mol. The van der Waals surface area contributed by atoms with Gasteiger partial charge in [-0.25, -0.2) is 0 Å². The van der Waals surface area contributed by atoms with Crippen LogP contribution >= 0.6 is 11.8 Å². The molecule has 2 unspecified atom stereocenters. The first-order chi connectivity index (χ1) is 5.86. The largest absolute Gasteiger partial charge is 0.393 e. The molecule has 0 aromatic heterocycles. The molecule has 0 spiro atoms. The van der Waals surface area contributed by atoms with Crippen LogP contribution in [0.5, 0.6) is 0 Å². The smallest absolute Gasteiger partial charge is 0.0576 e. The van der Waals surface area contributed by atoms with Crippen molar-refractivity contribution in [2.45, 2.75) is 38.2 Å². The van der Waals surface area contributed by atoms with Gasteiger partial charge in [0.25, 0.3) is 0 Å². The summed E-state index contributed by atoms with van der Waals surface area (Å²) in [7, 11) is 0. The van der Waals surface area contributed by atoms with Crippen molar-refractivity contribution in [3.63, 3.8) is 0 Å². The molecule has 0 aromatic rings. The first-order valence-electron chi connectivity index (χ1n) is 5.12. The van der Waals surface area contributed by atoms with Crippen LogP contribution in [-0.2, 0) is 0 Å². The van der Waals surface area contributed by atoms with Crippen LogP contribution in [0.2, 0.25) is 0 Å². The number of aliphatic hydroxyl groups is 1. The summed E-state index contributed by atoms with van der Waals surface area (Å²) in [5.41, 5.74) is 0. The van der Waals surface area contributed by atoms with E-state index in [9.17, 15) is 5.11 Å². The van der Waals surface area contributed by atoms with E-state index in [2.05, 4.69) is 0 Å². The van der Waals surface area contributed by atoms with Crippen LogP contribution in [-0.4, -0.2) is 22.7 Å². The maximum absolute atomic E-state index is 9.81. The van der Waals surface area contributed by atoms with E-state index in [1.165, 1.54) is 37.2 Å². The first-order valence-corrected chi connectivity index (χ1v) is 6.27. The molecule has 12 heavy (non-hydrogen) atoms. The van der Waals surface area contributed by atoms with E-state index in [0.29, 0.717) is 5.92 Å². The Labute approximate surface area is 78.9 Å². The molecule has 1 saturated heterocycles. The third kappa shape index (κ3) is 2.40. The van der Waals surface area contributed by atoms with Crippen LogP contribution < -0.4 is 0 Å². The quantitative estimate of drug-likeness (QED) is 0.727. The lowest BCUT2D eigenvalue weighted by Crippen LogP contribution is -2.19. The zero-order valence-corrected chi connectivity index (χ0v) is 8.35. The Morgan fingerprint density at radius 3 is 2.75 bits per heavy atom. The highest BCUT2D eigenvalue weighted by molar-refractivity contribution is 7.99. The molecule has 0 radical (unpaired) electrons. The average Bonchev–Trinajstić information content (AvgIpc) is 2.74. The van der Waals surface area contributed by atoms with Gasteiger partial charge >= 0.3 is 0 Å². The minimum absolute atomic E-state index is 0.0144. The molecule has 2 rings (SSSR count). The van der Waals surface area contributed by atoms with Gasteiger partial charge in [-0.2, -0.15) is 11.8 Å². The fraction of sp³-hybridized carbons (Fsp3) is 1.00. The summed E-state index contributed by atoms with van der Waals surface area (Å²) in [4.78, 5) is 0. The second-order valence-electron chi connectivity index (χ2n) is 4.21. The summed E-state index contributed by atoms with van der Waals surface area (Å²) in [6.45, 7) is 0. The number of hydrogen-bond donors (Lipinski definition) is 1. The van der Waals surface area contributed by atoms with E-state index in [1.54, 1.807) is 0 Å². The topological polar surface area (TPSA) is 20.2 Å². The van der Waals surface area contributed by atoms with Gasteiger partial charge < -0.3 is 5.11 Å². The van der Waals surface area contributed by atoms with Gasteiger partial charge in [0.05, 0.1) is 6.10 Å². The van der Waals surface area contributed by atoms with Gasteiger partial charge in [0.2, 0.25) is 0 Å².